The summed E-state index contributed by atoms with van der Waals surface area (Å²) < 4.78 is 5.28. The number of carbonyl (C=O) groups excluding carboxylic acids is 3. The van der Waals surface area contributed by atoms with Gasteiger partial charge >= 0.3 is 5.97 Å². The molecule has 0 unspecified atom stereocenters. The Kier molecular flexibility index (Phi) is 3.43. The second-order valence-corrected chi connectivity index (χ2v) is 5.54. The van der Waals surface area contributed by atoms with E-state index in [0.717, 1.165) is 0 Å². The first-order valence-electron chi connectivity index (χ1n) is 6.51. The number of allylic oxidation sites excluding steroid dienone is 4. The topological polar surface area (TPSA) is 60.4 Å². The summed E-state index contributed by atoms with van der Waals surface area (Å²) in [6.07, 6.45) is 3.58. The summed E-state index contributed by atoms with van der Waals surface area (Å²) in [6.45, 7) is 5.23. The van der Waals surface area contributed by atoms with Crippen molar-refractivity contribution in [3.8, 4) is 0 Å². The van der Waals surface area contributed by atoms with Gasteiger partial charge in [0.2, 0.25) is 0 Å². The molecule has 1 saturated heterocycles. The Morgan fingerprint density at radius 2 is 1.89 bits per heavy atom. The molecule has 4 heteroatoms. The van der Waals surface area contributed by atoms with Gasteiger partial charge in [-0.25, -0.2) is 0 Å². The van der Waals surface area contributed by atoms with Crippen molar-refractivity contribution in [1.29, 1.82) is 0 Å². The zero-order chi connectivity index (χ0) is 14.2. The summed E-state index contributed by atoms with van der Waals surface area (Å²) in [5.41, 5.74) is 1.08. The fourth-order valence-corrected chi connectivity index (χ4v) is 2.43. The highest BCUT2D eigenvalue weighted by molar-refractivity contribution is 6.22. The van der Waals surface area contributed by atoms with Crippen LogP contribution in [0, 0.1) is 0 Å². The predicted octanol–water partition coefficient (Wildman–Crippen LogP) is 2.28. The summed E-state index contributed by atoms with van der Waals surface area (Å²) in [4.78, 5) is 34.9. The maximum Gasteiger partial charge on any atom is 0.306 e. The van der Waals surface area contributed by atoms with Crippen LogP contribution in [0.25, 0.3) is 0 Å². The van der Waals surface area contributed by atoms with Gasteiger partial charge in [-0.1, -0.05) is 0 Å². The lowest BCUT2D eigenvalue weighted by atomic mass is 9.86. The molecule has 2 aliphatic rings. The van der Waals surface area contributed by atoms with Crippen molar-refractivity contribution in [3.05, 3.63) is 22.8 Å². The number of ketones is 2. The first-order valence-corrected chi connectivity index (χ1v) is 6.51. The molecular formula is C15H18O4. The second-order valence-electron chi connectivity index (χ2n) is 5.54. The van der Waals surface area contributed by atoms with Crippen molar-refractivity contribution >= 4 is 17.5 Å². The Bertz CT molecular complexity index is 524. The van der Waals surface area contributed by atoms with E-state index in [4.69, 9.17) is 4.74 Å². The number of rotatable bonds is 3. The Balaban J connectivity index is 2.05. The van der Waals surface area contributed by atoms with Gasteiger partial charge in [-0.15, -0.1) is 0 Å². The highest BCUT2D eigenvalue weighted by atomic mass is 16.6. The normalized spacial score (nSPS) is 27.7. The molecule has 1 aliphatic carbocycles. The predicted molar refractivity (Wildman–Crippen MR) is 69.4 cm³/mol. The minimum Gasteiger partial charge on any atom is -0.459 e. The van der Waals surface area contributed by atoms with E-state index in [1.807, 2.05) is 6.92 Å². The lowest BCUT2D eigenvalue weighted by molar-refractivity contribution is -0.147. The molecule has 0 spiro atoms. The Morgan fingerprint density at radius 3 is 2.47 bits per heavy atom. The van der Waals surface area contributed by atoms with E-state index >= 15 is 0 Å². The molecule has 1 atom stereocenters. The minimum absolute atomic E-state index is 0.0648. The lowest BCUT2D eigenvalue weighted by Gasteiger charge is -2.23. The molecule has 0 aromatic carbocycles. The van der Waals surface area contributed by atoms with Crippen LogP contribution in [0.5, 0.6) is 0 Å². The Morgan fingerprint density at radius 1 is 1.21 bits per heavy atom. The van der Waals surface area contributed by atoms with Gasteiger partial charge in [0.15, 0.2) is 11.6 Å². The van der Waals surface area contributed by atoms with Gasteiger partial charge < -0.3 is 4.74 Å². The van der Waals surface area contributed by atoms with Gasteiger partial charge in [-0.3, -0.25) is 14.4 Å². The number of cyclic esters (lactones) is 1. The van der Waals surface area contributed by atoms with E-state index in [1.54, 1.807) is 13.8 Å². The smallest absolute Gasteiger partial charge is 0.306 e. The fraction of sp³-hybridized carbons (Fsp3) is 0.533. The van der Waals surface area contributed by atoms with Crippen LogP contribution in [0.3, 0.4) is 0 Å². The number of hydrogen-bond acceptors (Lipinski definition) is 4. The summed E-state index contributed by atoms with van der Waals surface area (Å²) in [6, 6.07) is 0. The third-order valence-corrected chi connectivity index (χ3v) is 4.01. The maximum atomic E-state index is 12.1. The molecule has 0 saturated carbocycles. The Hall–Kier alpha value is -1.71. The minimum atomic E-state index is -0.495. The first-order chi connectivity index (χ1) is 8.82. The lowest BCUT2D eigenvalue weighted by Crippen LogP contribution is -2.25. The number of esters is 1. The molecule has 0 N–H and O–H groups in total. The van der Waals surface area contributed by atoms with Crippen LogP contribution in [0.15, 0.2) is 22.8 Å². The van der Waals surface area contributed by atoms with Gasteiger partial charge in [-0.05, 0) is 46.1 Å². The third-order valence-electron chi connectivity index (χ3n) is 4.01. The van der Waals surface area contributed by atoms with Crippen LogP contribution >= 0.6 is 0 Å². The van der Waals surface area contributed by atoms with Crippen molar-refractivity contribution < 1.29 is 19.1 Å². The van der Waals surface area contributed by atoms with Crippen molar-refractivity contribution in [3.63, 3.8) is 0 Å². The standard InChI is InChI=1S/C15H18O4/c1-9-10(2)14(18)11(8-12(9)16)4-6-15(3)7-5-13(17)19-15/h8H,4-7H2,1-3H3/t15-/m0/s1. The molecule has 4 nitrogen and oxygen atoms in total. The van der Waals surface area contributed by atoms with Gasteiger partial charge in [-0.2, -0.15) is 0 Å². The summed E-state index contributed by atoms with van der Waals surface area (Å²) in [7, 11) is 0. The number of carbonyl (C=O) groups is 3. The SMILES string of the molecule is CC1=C(C)C(=O)C(CC[C@@]2(C)CCC(=O)O2)=CC1=O. The number of Topliss-reactive ketones (excluding diaryl/α,β-unsaturated/α-hetero) is 1. The third kappa shape index (κ3) is 2.67. The van der Waals surface area contributed by atoms with Crippen molar-refractivity contribution in [1.82, 2.24) is 0 Å². The fourth-order valence-electron chi connectivity index (χ4n) is 2.43. The van der Waals surface area contributed by atoms with Crippen LogP contribution in [0.4, 0.5) is 0 Å². The van der Waals surface area contributed by atoms with E-state index in [1.165, 1.54) is 6.08 Å². The zero-order valence-corrected chi connectivity index (χ0v) is 11.5. The number of hydrogen-bond donors (Lipinski definition) is 0. The molecular weight excluding hydrogens is 244 g/mol. The van der Waals surface area contributed by atoms with E-state index < -0.39 is 5.60 Å². The van der Waals surface area contributed by atoms with Gasteiger partial charge in [0.1, 0.15) is 5.60 Å². The molecule has 102 valence electrons. The molecule has 0 bridgehead atoms. The summed E-state index contributed by atoms with van der Waals surface area (Å²) in [5.74, 6) is -0.347. The molecule has 1 aliphatic heterocycles. The molecule has 19 heavy (non-hydrogen) atoms. The highest BCUT2D eigenvalue weighted by Crippen LogP contribution is 2.33. The zero-order valence-electron chi connectivity index (χ0n) is 11.5. The average molecular weight is 262 g/mol. The van der Waals surface area contributed by atoms with E-state index in [-0.39, 0.29) is 17.5 Å². The van der Waals surface area contributed by atoms with Crippen molar-refractivity contribution in [2.75, 3.05) is 0 Å². The van der Waals surface area contributed by atoms with Gasteiger partial charge in [0.05, 0.1) is 0 Å². The van der Waals surface area contributed by atoms with E-state index in [2.05, 4.69) is 0 Å². The summed E-state index contributed by atoms with van der Waals surface area (Å²) in [5, 5.41) is 0. The van der Waals surface area contributed by atoms with E-state index in [0.29, 0.717) is 42.4 Å². The first kappa shape index (κ1) is 13.7. The number of ether oxygens (including phenoxy) is 1. The molecule has 0 aromatic heterocycles. The largest absolute Gasteiger partial charge is 0.459 e. The van der Waals surface area contributed by atoms with Crippen LogP contribution in [-0.2, 0) is 19.1 Å². The van der Waals surface area contributed by atoms with Crippen LogP contribution in [0.2, 0.25) is 0 Å². The Labute approximate surface area is 112 Å². The van der Waals surface area contributed by atoms with E-state index in [9.17, 15) is 14.4 Å². The molecule has 0 aromatic rings. The molecule has 1 fully saturated rings. The quantitative estimate of drug-likeness (QED) is 0.578. The molecule has 1 heterocycles. The monoisotopic (exact) mass is 262 g/mol. The summed E-state index contributed by atoms with van der Waals surface area (Å²) >= 11 is 0. The van der Waals surface area contributed by atoms with Crippen LogP contribution < -0.4 is 0 Å². The molecule has 0 radical (unpaired) electrons. The van der Waals surface area contributed by atoms with Crippen LogP contribution in [-0.4, -0.2) is 23.1 Å². The average Bonchev–Trinajstić information content (AvgIpc) is 2.70. The van der Waals surface area contributed by atoms with Crippen molar-refractivity contribution in [2.24, 2.45) is 0 Å². The highest BCUT2D eigenvalue weighted by Gasteiger charge is 2.36. The molecule has 2 rings (SSSR count). The van der Waals surface area contributed by atoms with Crippen molar-refractivity contribution in [2.45, 2.75) is 52.1 Å². The molecule has 0 amide bonds. The maximum absolute atomic E-state index is 12.1. The van der Waals surface area contributed by atoms with Gasteiger partial charge in [0, 0.05) is 23.1 Å². The van der Waals surface area contributed by atoms with Crippen LogP contribution in [0.1, 0.15) is 46.5 Å². The van der Waals surface area contributed by atoms with Gasteiger partial charge in [0.25, 0.3) is 0 Å². The second kappa shape index (κ2) is 4.76.